The minimum atomic E-state index is 0.00617. The van der Waals surface area contributed by atoms with Crippen molar-refractivity contribution in [2.75, 3.05) is 12.4 Å². The summed E-state index contributed by atoms with van der Waals surface area (Å²) in [5, 5.41) is 0. The molecule has 0 aromatic rings. The van der Waals surface area contributed by atoms with Gasteiger partial charge in [-0.2, -0.15) is 0 Å². The van der Waals surface area contributed by atoms with Gasteiger partial charge in [-0.3, -0.25) is 4.79 Å². The van der Waals surface area contributed by atoms with E-state index in [2.05, 4.69) is 12.7 Å². The van der Waals surface area contributed by atoms with Gasteiger partial charge in [-0.1, -0.05) is 12.2 Å². The summed E-state index contributed by atoms with van der Waals surface area (Å²) in [5.41, 5.74) is 1.15. The van der Waals surface area contributed by atoms with Gasteiger partial charge >= 0.3 is 0 Å². The van der Waals surface area contributed by atoms with Crippen LogP contribution in [0.25, 0.3) is 0 Å². The first-order valence-electron chi connectivity index (χ1n) is 5.46. The van der Waals surface area contributed by atoms with Gasteiger partial charge in [0.25, 0.3) is 0 Å². The van der Waals surface area contributed by atoms with E-state index in [9.17, 15) is 4.79 Å². The maximum Gasteiger partial charge on any atom is 0.241 e. The van der Waals surface area contributed by atoms with Crippen LogP contribution in [0.5, 0.6) is 0 Å². The van der Waals surface area contributed by atoms with Gasteiger partial charge in [-0.15, -0.1) is 18.2 Å². The molecule has 0 saturated heterocycles. The monoisotopic (exact) mass is 227 g/mol. The lowest BCUT2D eigenvalue weighted by Crippen LogP contribution is -2.32. The molecule has 1 amide bonds. The Bertz CT molecular complexity index is 260. The number of alkyl halides is 1. The number of carbonyl (C=O) groups excluding carboxylic acids is 1. The van der Waals surface area contributed by atoms with Gasteiger partial charge in [-0.25, -0.2) is 0 Å². The third kappa shape index (κ3) is 3.71. The van der Waals surface area contributed by atoms with Gasteiger partial charge in [0, 0.05) is 12.2 Å². The van der Waals surface area contributed by atoms with Gasteiger partial charge in [0.2, 0.25) is 5.91 Å². The first-order valence-corrected chi connectivity index (χ1v) is 5.99. The molecule has 1 aliphatic rings. The van der Waals surface area contributed by atoms with E-state index in [0.717, 1.165) is 25.0 Å². The van der Waals surface area contributed by atoms with E-state index >= 15 is 0 Å². The van der Waals surface area contributed by atoms with Crippen LogP contribution >= 0.6 is 11.6 Å². The van der Waals surface area contributed by atoms with E-state index in [-0.39, 0.29) is 11.8 Å². The SMILES string of the molecule is C=CCCN(C(=O)CCl)C1=CCCCC1. The molecule has 0 saturated carbocycles. The van der Waals surface area contributed by atoms with E-state index < -0.39 is 0 Å². The number of carbonyl (C=O) groups is 1. The molecular formula is C12H18ClNO. The first-order chi connectivity index (χ1) is 7.29. The maximum absolute atomic E-state index is 11.6. The zero-order valence-electron chi connectivity index (χ0n) is 9.04. The van der Waals surface area contributed by atoms with E-state index in [1.54, 1.807) is 0 Å². The van der Waals surface area contributed by atoms with E-state index in [1.807, 2.05) is 11.0 Å². The molecule has 0 aromatic heterocycles. The van der Waals surface area contributed by atoms with E-state index in [0.29, 0.717) is 6.54 Å². The second-order valence-electron chi connectivity index (χ2n) is 3.70. The van der Waals surface area contributed by atoms with Crippen molar-refractivity contribution in [2.24, 2.45) is 0 Å². The summed E-state index contributed by atoms with van der Waals surface area (Å²) in [6.45, 7) is 4.38. The summed E-state index contributed by atoms with van der Waals surface area (Å²) in [5.74, 6) is 0.0701. The summed E-state index contributed by atoms with van der Waals surface area (Å²) in [7, 11) is 0. The quantitative estimate of drug-likeness (QED) is 0.522. The largest absolute Gasteiger partial charge is 0.315 e. The van der Waals surface area contributed by atoms with Gasteiger partial charge in [0.05, 0.1) is 0 Å². The Balaban J connectivity index is 2.65. The molecule has 0 spiro atoms. The molecule has 2 nitrogen and oxygen atoms in total. The number of amides is 1. The molecule has 0 atom stereocenters. The number of halogens is 1. The lowest BCUT2D eigenvalue weighted by atomic mass is 10.0. The van der Waals surface area contributed by atoms with E-state index in [1.165, 1.54) is 12.8 Å². The highest BCUT2D eigenvalue weighted by Gasteiger charge is 2.17. The van der Waals surface area contributed by atoms with Crippen LogP contribution in [0.4, 0.5) is 0 Å². The number of allylic oxidation sites excluding steroid dienone is 2. The van der Waals surface area contributed by atoms with Crippen LogP contribution in [0.3, 0.4) is 0 Å². The Kier molecular flexibility index (Phi) is 5.48. The Morgan fingerprint density at radius 1 is 1.60 bits per heavy atom. The Morgan fingerprint density at radius 2 is 2.40 bits per heavy atom. The van der Waals surface area contributed by atoms with Crippen molar-refractivity contribution < 1.29 is 4.79 Å². The summed E-state index contributed by atoms with van der Waals surface area (Å²) < 4.78 is 0. The highest BCUT2D eigenvalue weighted by atomic mass is 35.5. The van der Waals surface area contributed by atoms with Crippen LogP contribution in [0.2, 0.25) is 0 Å². The molecule has 0 N–H and O–H groups in total. The molecule has 0 bridgehead atoms. The molecule has 0 unspecified atom stereocenters. The second kappa shape index (κ2) is 6.67. The molecule has 84 valence electrons. The third-order valence-electron chi connectivity index (χ3n) is 2.59. The molecule has 0 heterocycles. The maximum atomic E-state index is 11.6. The number of rotatable bonds is 5. The third-order valence-corrected chi connectivity index (χ3v) is 2.81. The van der Waals surface area contributed by atoms with Crippen LogP contribution < -0.4 is 0 Å². The average Bonchev–Trinajstić information content (AvgIpc) is 2.30. The molecule has 3 heteroatoms. The molecule has 1 rings (SSSR count). The van der Waals surface area contributed by atoms with E-state index in [4.69, 9.17) is 11.6 Å². The summed E-state index contributed by atoms with van der Waals surface area (Å²) in [6.07, 6.45) is 9.30. The van der Waals surface area contributed by atoms with Crippen LogP contribution in [-0.4, -0.2) is 23.2 Å². The highest BCUT2D eigenvalue weighted by molar-refractivity contribution is 6.27. The molecule has 0 radical (unpaired) electrons. The fourth-order valence-electron chi connectivity index (χ4n) is 1.79. The molecular weight excluding hydrogens is 210 g/mol. The van der Waals surface area contributed by atoms with Crippen LogP contribution in [0.15, 0.2) is 24.4 Å². The predicted molar refractivity (Wildman–Crippen MR) is 63.8 cm³/mol. The molecule has 15 heavy (non-hydrogen) atoms. The highest BCUT2D eigenvalue weighted by Crippen LogP contribution is 2.21. The fraction of sp³-hybridized carbons (Fsp3) is 0.583. The number of nitrogens with zero attached hydrogens (tertiary/aromatic N) is 1. The van der Waals surface area contributed by atoms with Crippen LogP contribution in [-0.2, 0) is 4.79 Å². The number of hydrogen-bond donors (Lipinski definition) is 0. The Labute approximate surface area is 96.6 Å². The van der Waals surface area contributed by atoms with Gasteiger partial charge < -0.3 is 4.90 Å². The van der Waals surface area contributed by atoms with Crippen molar-refractivity contribution in [2.45, 2.75) is 32.1 Å². The van der Waals surface area contributed by atoms with Crippen molar-refractivity contribution in [3.05, 3.63) is 24.4 Å². The Hall–Kier alpha value is -0.760. The van der Waals surface area contributed by atoms with Crippen molar-refractivity contribution in [3.63, 3.8) is 0 Å². The summed E-state index contributed by atoms with van der Waals surface area (Å²) >= 11 is 5.60. The first kappa shape index (κ1) is 12.3. The van der Waals surface area contributed by atoms with Crippen molar-refractivity contribution in [1.82, 2.24) is 4.90 Å². The van der Waals surface area contributed by atoms with Crippen molar-refractivity contribution in [3.8, 4) is 0 Å². The van der Waals surface area contributed by atoms with Gasteiger partial charge in [0.15, 0.2) is 0 Å². The summed E-state index contributed by atoms with van der Waals surface area (Å²) in [4.78, 5) is 13.4. The molecule has 0 fully saturated rings. The minimum absolute atomic E-state index is 0.00617. The normalized spacial score (nSPS) is 15.7. The molecule has 0 aliphatic heterocycles. The number of hydrogen-bond acceptors (Lipinski definition) is 1. The molecule has 0 aromatic carbocycles. The summed E-state index contributed by atoms with van der Waals surface area (Å²) in [6, 6.07) is 0. The second-order valence-corrected chi connectivity index (χ2v) is 3.96. The fourth-order valence-corrected chi connectivity index (χ4v) is 1.93. The van der Waals surface area contributed by atoms with Crippen molar-refractivity contribution >= 4 is 17.5 Å². The average molecular weight is 228 g/mol. The zero-order chi connectivity index (χ0) is 11.1. The zero-order valence-corrected chi connectivity index (χ0v) is 9.80. The van der Waals surface area contributed by atoms with Gasteiger partial charge in [-0.05, 0) is 32.1 Å². The smallest absolute Gasteiger partial charge is 0.241 e. The lowest BCUT2D eigenvalue weighted by molar-refractivity contribution is -0.126. The van der Waals surface area contributed by atoms with Gasteiger partial charge in [0.1, 0.15) is 5.88 Å². The van der Waals surface area contributed by atoms with Crippen LogP contribution in [0.1, 0.15) is 32.1 Å². The predicted octanol–water partition coefficient (Wildman–Crippen LogP) is 3.09. The lowest BCUT2D eigenvalue weighted by Gasteiger charge is -2.26. The standard InChI is InChI=1S/C12H18ClNO/c1-2-3-9-14(12(15)10-13)11-7-5-4-6-8-11/h2,7H,1,3-6,8-10H2. The Morgan fingerprint density at radius 3 is 2.93 bits per heavy atom. The topological polar surface area (TPSA) is 20.3 Å². The minimum Gasteiger partial charge on any atom is -0.315 e. The van der Waals surface area contributed by atoms with Crippen LogP contribution in [0, 0.1) is 0 Å². The van der Waals surface area contributed by atoms with Crippen molar-refractivity contribution in [1.29, 1.82) is 0 Å². The molecule has 1 aliphatic carbocycles.